The average molecular weight is 358 g/mol. The summed E-state index contributed by atoms with van der Waals surface area (Å²) in [6, 6.07) is 13.4. The van der Waals surface area contributed by atoms with Crippen molar-refractivity contribution < 1.29 is 17.9 Å². The summed E-state index contributed by atoms with van der Waals surface area (Å²) in [4.78, 5) is 14.9. The third-order valence-electron chi connectivity index (χ3n) is 3.94. The van der Waals surface area contributed by atoms with Crippen molar-refractivity contribution in [3.05, 3.63) is 64.4 Å². The first-order valence-electron chi connectivity index (χ1n) is 7.53. The molecule has 0 radical (unpaired) electrons. The van der Waals surface area contributed by atoms with E-state index in [4.69, 9.17) is 9.47 Å². The van der Waals surface area contributed by atoms with E-state index in [1.165, 1.54) is 12.1 Å². The number of ether oxygens (including phenoxy) is 2. The number of para-hydroxylation sites is 1. The molecule has 0 fully saturated rings. The molecule has 0 aliphatic carbocycles. The van der Waals surface area contributed by atoms with Crippen molar-refractivity contribution in [3.8, 4) is 11.5 Å². The zero-order chi connectivity index (χ0) is 17.4. The summed E-state index contributed by atoms with van der Waals surface area (Å²) in [5, 5.41) is 0.833. The van der Waals surface area contributed by atoms with Crippen LogP contribution in [-0.4, -0.2) is 20.2 Å². The minimum atomic E-state index is -3.79. The average Bonchev–Trinajstić information content (AvgIpc) is 3.07. The van der Waals surface area contributed by atoms with Gasteiger partial charge in [0.25, 0.3) is 5.56 Å². The van der Waals surface area contributed by atoms with E-state index in [0.717, 1.165) is 5.39 Å². The van der Waals surface area contributed by atoms with Crippen LogP contribution in [0.5, 0.6) is 11.5 Å². The molecule has 8 heteroatoms. The van der Waals surface area contributed by atoms with E-state index >= 15 is 0 Å². The van der Waals surface area contributed by atoms with Crippen LogP contribution in [0.3, 0.4) is 0 Å². The zero-order valence-electron chi connectivity index (χ0n) is 13.0. The third kappa shape index (κ3) is 2.97. The lowest BCUT2D eigenvalue weighted by atomic mass is 10.1. The van der Waals surface area contributed by atoms with Crippen molar-refractivity contribution >= 4 is 20.9 Å². The SMILES string of the molecule is O=c1[nH]c2ccccc2cc1CNS(=O)(=O)c1ccc2c(c1)OCO2. The highest BCUT2D eigenvalue weighted by molar-refractivity contribution is 7.89. The Morgan fingerprint density at radius 1 is 1.04 bits per heavy atom. The Morgan fingerprint density at radius 3 is 2.72 bits per heavy atom. The first kappa shape index (κ1) is 15.7. The normalized spacial score (nSPS) is 13.3. The number of rotatable bonds is 4. The number of H-pyrrole nitrogens is 1. The Bertz CT molecular complexity index is 1120. The molecular formula is C17H14N2O5S. The fourth-order valence-corrected chi connectivity index (χ4v) is 3.65. The van der Waals surface area contributed by atoms with Gasteiger partial charge in [-0.05, 0) is 29.7 Å². The first-order valence-corrected chi connectivity index (χ1v) is 9.01. The number of hydrogen-bond acceptors (Lipinski definition) is 5. The molecule has 2 N–H and O–H groups in total. The van der Waals surface area contributed by atoms with E-state index in [1.54, 1.807) is 18.2 Å². The molecule has 0 amide bonds. The number of aromatic amines is 1. The molecular weight excluding hydrogens is 344 g/mol. The summed E-state index contributed by atoms with van der Waals surface area (Å²) in [5.41, 5.74) is 0.713. The van der Waals surface area contributed by atoms with Crippen molar-refractivity contribution in [2.45, 2.75) is 11.4 Å². The Morgan fingerprint density at radius 2 is 1.84 bits per heavy atom. The summed E-state index contributed by atoms with van der Waals surface area (Å²) in [5.74, 6) is 0.886. The van der Waals surface area contributed by atoms with E-state index in [1.807, 2.05) is 18.2 Å². The summed E-state index contributed by atoms with van der Waals surface area (Å²) in [6.07, 6.45) is 0. The van der Waals surface area contributed by atoms with Crippen LogP contribution < -0.4 is 19.8 Å². The molecule has 25 heavy (non-hydrogen) atoms. The van der Waals surface area contributed by atoms with Crippen LogP contribution in [0.25, 0.3) is 10.9 Å². The molecule has 0 spiro atoms. The summed E-state index contributed by atoms with van der Waals surface area (Å²) >= 11 is 0. The standard InChI is InChI=1S/C17H14N2O5S/c20-17-12(7-11-3-1-2-4-14(11)19-17)9-18-25(21,22)13-5-6-15-16(8-13)24-10-23-15/h1-8,18H,9-10H2,(H,19,20). The van der Waals surface area contributed by atoms with Crippen LogP contribution in [0, 0.1) is 0 Å². The highest BCUT2D eigenvalue weighted by Gasteiger charge is 2.20. The Hall–Kier alpha value is -2.84. The van der Waals surface area contributed by atoms with E-state index in [-0.39, 0.29) is 23.8 Å². The maximum Gasteiger partial charge on any atom is 0.252 e. The first-order chi connectivity index (χ1) is 12.0. The largest absolute Gasteiger partial charge is 0.454 e. The Kier molecular flexibility index (Phi) is 3.70. The lowest BCUT2D eigenvalue weighted by molar-refractivity contribution is 0.174. The van der Waals surface area contributed by atoms with Gasteiger partial charge in [-0.2, -0.15) is 0 Å². The number of benzene rings is 2. The predicted octanol–water partition coefficient (Wildman–Crippen LogP) is 1.74. The number of sulfonamides is 1. The fraction of sp³-hybridized carbons (Fsp3) is 0.118. The number of pyridine rings is 1. The van der Waals surface area contributed by atoms with Gasteiger partial charge in [-0.25, -0.2) is 13.1 Å². The van der Waals surface area contributed by atoms with Crippen molar-refractivity contribution in [1.29, 1.82) is 0 Å². The summed E-state index contributed by atoms with van der Waals surface area (Å²) in [7, 11) is -3.79. The number of fused-ring (bicyclic) bond motifs is 2. The molecule has 0 atom stereocenters. The topological polar surface area (TPSA) is 97.5 Å². The number of nitrogens with one attached hydrogen (secondary N) is 2. The van der Waals surface area contributed by atoms with Crippen LogP contribution in [0.15, 0.2) is 58.2 Å². The molecule has 7 nitrogen and oxygen atoms in total. The lowest BCUT2D eigenvalue weighted by Gasteiger charge is -2.08. The van der Waals surface area contributed by atoms with Crippen molar-refractivity contribution in [3.63, 3.8) is 0 Å². The minimum Gasteiger partial charge on any atom is -0.454 e. The Balaban J connectivity index is 1.60. The van der Waals surface area contributed by atoms with Crippen LogP contribution in [-0.2, 0) is 16.6 Å². The van der Waals surface area contributed by atoms with Gasteiger partial charge < -0.3 is 14.5 Å². The van der Waals surface area contributed by atoms with Crippen molar-refractivity contribution in [2.75, 3.05) is 6.79 Å². The molecule has 2 heterocycles. The van der Waals surface area contributed by atoms with Gasteiger partial charge >= 0.3 is 0 Å². The number of aromatic nitrogens is 1. The van der Waals surface area contributed by atoms with Gasteiger partial charge in [0.05, 0.1) is 4.90 Å². The second-order valence-corrected chi connectivity index (χ2v) is 7.32. The molecule has 0 bridgehead atoms. The molecule has 0 saturated heterocycles. The van der Waals surface area contributed by atoms with Gasteiger partial charge in [-0.15, -0.1) is 0 Å². The number of hydrogen-bond donors (Lipinski definition) is 2. The molecule has 1 aliphatic heterocycles. The van der Waals surface area contributed by atoms with Crippen molar-refractivity contribution in [2.24, 2.45) is 0 Å². The van der Waals surface area contributed by atoms with Gasteiger partial charge in [0.15, 0.2) is 11.5 Å². The van der Waals surface area contributed by atoms with Gasteiger partial charge in [0.1, 0.15) is 0 Å². The van der Waals surface area contributed by atoms with Crippen LogP contribution >= 0.6 is 0 Å². The summed E-state index contributed by atoms with van der Waals surface area (Å²) < 4.78 is 37.7. The summed E-state index contributed by atoms with van der Waals surface area (Å²) in [6.45, 7) is -0.0460. The molecule has 1 aliphatic rings. The fourth-order valence-electron chi connectivity index (χ4n) is 2.62. The second kappa shape index (κ2) is 5.91. The Labute approximate surface area is 143 Å². The van der Waals surface area contributed by atoms with Crippen LogP contribution in [0.1, 0.15) is 5.56 Å². The minimum absolute atomic E-state index is 0.0500. The van der Waals surface area contributed by atoms with Gasteiger partial charge in [0.2, 0.25) is 16.8 Å². The predicted molar refractivity (Wildman–Crippen MR) is 91.2 cm³/mol. The van der Waals surface area contributed by atoms with Crippen molar-refractivity contribution in [1.82, 2.24) is 9.71 Å². The maximum absolute atomic E-state index is 12.5. The molecule has 0 saturated carbocycles. The highest BCUT2D eigenvalue weighted by atomic mass is 32.2. The highest BCUT2D eigenvalue weighted by Crippen LogP contribution is 2.33. The molecule has 4 rings (SSSR count). The monoisotopic (exact) mass is 358 g/mol. The van der Waals surface area contributed by atoms with E-state index < -0.39 is 10.0 Å². The van der Waals surface area contributed by atoms with Crippen LogP contribution in [0.4, 0.5) is 0 Å². The van der Waals surface area contributed by atoms with Gasteiger partial charge in [0, 0.05) is 23.7 Å². The zero-order valence-corrected chi connectivity index (χ0v) is 13.8. The second-order valence-electron chi connectivity index (χ2n) is 5.55. The van der Waals surface area contributed by atoms with E-state index in [9.17, 15) is 13.2 Å². The third-order valence-corrected chi connectivity index (χ3v) is 5.34. The molecule has 2 aromatic carbocycles. The quantitative estimate of drug-likeness (QED) is 0.740. The molecule has 128 valence electrons. The smallest absolute Gasteiger partial charge is 0.252 e. The van der Waals surface area contributed by atoms with Gasteiger partial charge in [-0.1, -0.05) is 18.2 Å². The molecule has 0 unspecified atom stereocenters. The molecule has 1 aromatic heterocycles. The van der Waals surface area contributed by atoms with E-state index in [0.29, 0.717) is 22.6 Å². The van der Waals surface area contributed by atoms with Gasteiger partial charge in [-0.3, -0.25) is 4.79 Å². The van der Waals surface area contributed by atoms with E-state index in [2.05, 4.69) is 9.71 Å². The lowest BCUT2D eigenvalue weighted by Crippen LogP contribution is -2.26. The van der Waals surface area contributed by atoms with Crippen LogP contribution in [0.2, 0.25) is 0 Å². The molecule has 3 aromatic rings. The maximum atomic E-state index is 12.5.